The van der Waals surface area contributed by atoms with Crippen LogP contribution in [0.4, 0.5) is 0 Å². The van der Waals surface area contributed by atoms with Crippen LogP contribution in [-0.4, -0.2) is 71.7 Å². The molecule has 0 bridgehead atoms. The van der Waals surface area contributed by atoms with Gasteiger partial charge in [0.1, 0.15) is 18.1 Å². The Balaban J connectivity index is 2.10. The number of hydrogen-bond acceptors (Lipinski definition) is 6. The van der Waals surface area contributed by atoms with Crippen LogP contribution in [-0.2, 0) is 25.6 Å². The summed E-state index contributed by atoms with van der Waals surface area (Å²) in [5.41, 5.74) is 29.2. The maximum absolute atomic E-state index is 13.7. The van der Waals surface area contributed by atoms with E-state index in [1.54, 1.807) is 6.20 Å². The normalized spacial score (nSPS) is 12.7. The van der Waals surface area contributed by atoms with Crippen LogP contribution in [0.2, 0.25) is 0 Å². The van der Waals surface area contributed by atoms with Gasteiger partial charge in [0.2, 0.25) is 23.6 Å². The number of hydrogen-bond donors (Lipinski definition) is 9. The minimum Gasteiger partial charge on any atom is -0.370 e. The predicted octanol–water partition coefficient (Wildman–Crippen LogP) is 1.68. The Morgan fingerprint density at radius 3 is 1.76 bits per heavy atom. The van der Waals surface area contributed by atoms with Crippen molar-refractivity contribution in [1.29, 1.82) is 0 Å². The number of rotatable bonds is 26. The summed E-state index contributed by atoms with van der Waals surface area (Å²) in [6.45, 7) is 2.68. The van der Waals surface area contributed by atoms with E-state index in [2.05, 4.69) is 37.8 Å². The lowest BCUT2D eigenvalue weighted by Crippen LogP contribution is -2.56. The highest BCUT2D eigenvalue weighted by atomic mass is 16.2. The van der Waals surface area contributed by atoms with Gasteiger partial charge in [0, 0.05) is 43.0 Å². The van der Waals surface area contributed by atoms with Crippen molar-refractivity contribution in [1.82, 2.24) is 20.9 Å². The van der Waals surface area contributed by atoms with Gasteiger partial charge in [-0.25, -0.2) is 0 Å². The van der Waals surface area contributed by atoms with Crippen LogP contribution in [0, 0.1) is 0 Å². The minimum absolute atomic E-state index is 0.0745. The lowest BCUT2D eigenvalue weighted by atomic mass is 10.0. The van der Waals surface area contributed by atoms with Crippen LogP contribution in [0.1, 0.15) is 102 Å². The molecule has 278 valence electrons. The number of guanidine groups is 2. The number of aliphatic imine (C=N–C) groups is 2. The summed E-state index contributed by atoms with van der Waals surface area (Å²) in [7, 11) is 0. The molecule has 3 atom stereocenters. The second-order valence-electron chi connectivity index (χ2n) is 12.7. The third-order valence-electron chi connectivity index (χ3n) is 8.44. The van der Waals surface area contributed by atoms with Gasteiger partial charge in [0.15, 0.2) is 11.9 Å². The van der Waals surface area contributed by atoms with Crippen molar-refractivity contribution in [3.63, 3.8) is 0 Å². The Bertz CT molecular complexity index is 1400. The quantitative estimate of drug-likeness (QED) is 0.0395. The molecule has 0 saturated heterocycles. The largest absolute Gasteiger partial charge is 0.370 e. The van der Waals surface area contributed by atoms with Gasteiger partial charge in [-0.3, -0.25) is 29.2 Å². The first-order chi connectivity index (χ1) is 24.0. The average molecular weight is 698 g/mol. The van der Waals surface area contributed by atoms with E-state index in [-0.39, 0.29) is 56.6 Å². The number of unbranched alkanes of at least 4 members (excludes halogenated alkanes) is 8. The fourth-order valence-electron chi connectivity index (χ4n) is 5.70. The van der Waals surface area contributed by atoms with E-state index in [0.29, 0.717) is 19.3 Å². The summed E-state index contributed by atoms with van der Waals surface area (Å²) >= 11 is 0. The highest BCUT2D eigenvalue weighted by Crippen LogP contribution is 2.19. The Labute approximate surface area is 295 Å². The molecule has 1 heterocycles. The number of primary amides is 1. The first-order valence-electron chi connectivity index (χ1n) is 17.9. The highest BCUT2D eigenvalue weighted by Gasteiger charge is 2.29. The minimum atomic E-state index is -1.07. The number of aromatic amines is 1. The van der Waals surface area contributed by atoms with Crippen molar-refractivity contribution in [2.45, 2.75) is 121 Å². The molecule has 1 aromatic carbocycles. The number of benzene rings is 1. The zero-order valence-corrected chi connectivity index (χ0v) is 29.6. The van der Waals surface area contributed by atoms with Crippen LogP contribution < -0.4 is 44.6 Å². The van der Waals surface area contributed by atoms with E-state index in [1.807, 2.05) is 24.3 Å². The van der Waals surface area contributed by atoms with Crippen molar-refractivity contribution >= 4 is 46.5 Å². The standard InChI is InChI=1S/C35H59N11O4/c1-2-3-4-5-6-7-8-9-10-19-30(47)44-27(17-13-20-41-34(37)38)32(49)45-28(18-14-21-42-35(39)40)33(50)46-29(31(36)48)22-24-23-43-26-16-12-11-15-25(24)26/h11-12,15-16,23,27-29,43H,2-10,13-14,17-22H2,1H3,(H2,36,48)(H,44,47)(H,45,49)(H,46,50)(H4,37,38,41)(H4,39,40,42)/t27-,28-,29-/m0/s1. The van der Waals surface area contributed by atoms with Gasteiger partial charge in [0.25, 0.3) is 0 Å². The van der Waals surface area contributed by atoms with Crippen molar-refractivity contribution in [3.05, 3.63) is 36.0 Å². The number of carbonyl (C=O) groups excluding carboxylic acids is 4. The molecule has 0 radical (unpaired) electrons. The zero-order chi connectivity index (χ0) is 36.7. The van der Waals surface area contributed by atoms with Crippen LogP contribution in [0.25, 0.3) is 10.9 Å². The van der Waals surface area contributed by atoms with Gasteiger partial charge in [-0.2, -0.15) is 0 Å². The number of fused-ring (bicyclic) bond motifs is 1. The fourth-order valence-corrected chi connectivity index (χ4v) is 5.70. The topological polar surface area (TPSA) is 275 Å². The Kier molecular flexibility index (Phi) is 19.5. The summed E-state index contributed by atoms with van der Waals surface area (Å²) in [6.07, 6.45) is 13.4. The molecule has 0 aliphatic rings. The molecule has 15 heteroatoms. The van der Waals surface area contributed by atoms with E-state index in [0.717, 1.165) is 35.7 Å². The third-order valence-corrected chi connectivity index (χ3v) is 8.44. The van der Waals surface area contributed by atoms with E-state index in [4.69, 9.17) is 28.7 Å². The molecule has 0 saturated carbocycles. The number of para-hydroxylation sites is 1. The monoisotopic (exact) mass is 697 g/mol. The molecule has 0 aliphatic carbocycles. The number of nitrogens with two attached hydrogens (primary N) is 5. The molecule has 0 unspecified atom stereocenters. The molecule has 0 aliphatic heterocycles. The van der Waals surface area contributed by atoms with Gasteiger partial charge < -0.3 is 49.6 Å². The molecule has 1 aromatic heterocycles. The maximum Gasteiger partial charge on any atom is 0.243 e. The second kappa shape index (κ2) is 23.5. The van der Waals surface area contributed by atoms with Crippen LogP contribution >= 0.6 is 0 Å². The van der Waals surface area contributed by atoms with Crippen molar-refractivity contribution in [2.75, 3.05) is 13.1 Å². The Morgan fingerprint density at radius 2 is 1.20 bits per heavy atom. The molecule has 14 N–H and O–H groups in total. The second-order valence-corrected chi connectivity index (χ2v) is 12.7. The SMILES string of the molecule is CCCCCCCCCCCC(=O)N[C@@H](CCCN=C(N)N)C(=O)N[C@@H](CCCN=C(N)N)C(=O)N[C@@H](Cc1c[nH]c2ccccc12)C(N)=O. The molecule has 50 heavy (non-hydrogen) atoms. The lowest BCUT2D eigenvalue weighted by molar-refractivity contribution is -0.133. The number of nitrogens with one attached hydrogen (secondary N) is 4. The number of H-pyrrole nitrogens is 1. The molecule has 4 amide bonds. The first kappa shape index (κ1) is 41.4. The van der Waals surface area contributed by atoms with E-state index < -0.39 is 35.8 Å². The lowest BCUT2D eigenvalue weighted by Gasteiger charge is -2.25. The van der Waals surface area contributed by atoms with Gasteiger partial charge in [-0.05, 0) is 43.7 Å². The summed E-state index contributed by atoms with van der Waals surface area (Å²) in [5, 5.41) is 9.23. The molecule has 0 fully saturated rings. The van der Waals surface area contributed by atoms with E-state index in [9.17, 15) is 19.2 Å². The number of nitrogens with zero attached hydrogens (tertiary/aromatic N) is 2. The zero-order valence-electron chi connectivity index (χ0n) is 29.6. The molecular formula is C35H59N11O4. The smallest absolute Gasteiger partial charge is 0.243 e. The predicted molar refractivity (Wildman–Crippen MR) is 199 cm³/mol. The van der Waals surface area contributed by atoms with Crippen molar-refractivity contribution < 1.29 is 19.2 Å². The van der Waals surface area contributed by atoms with Crippen molar-refractivity contribution in [3.8, 4) is 0 Å². The average Bonchev–Trinajstić information content (AvgIpc) is 3.48. The molecule has 15 nitrogen and oxygen atoms in total. The fraction of sp³-hybridized carbons (Fsp3) is 0.600. The highest BCUT2D eigenvalue weighted by molar-refractivity contribution is 5.94. The van der Waals surface area contributed by atoms with Gasteiger partial charge in [-0.1, -0.05) is 76.5 Å². The number of carbonyl (C=O) groups is 4. The molecule has 2 rings (SSSR count). The summed E-state index contributed by atoms with van der Waals surface area (Å²) in [6, 6.07) is 4.51. The van der Waals surface area contributed by atoms with E-state index in [1.165, 1.54) is 32.1 Å². The molecule has 2 aromatic rings. The van der Waals surface area contributed by atoms with Gasteiger partial charge >= 0.3 is 0 Å². The van der Waals surface area contributed by atoms with E-state index >= 15 is 0 Å². The first-order valence-corrected chi connectivity index (χ1v) is 17.9. The van der Waals surface area contributed by atoms with Crippen LogP contribution in [0.5, 0.6) is 0 Å². The number of aromatic nitrogens is 1. The summed E-state index contributed by atoms with van der Waals surface area (Å²) < 4.78 is 0. The molecular weight excluding hydrogens is 638 g/mol. The Hall–Kier alpha value is -4.82. The van der Waals surface area contributed by atoms with Crippen LogP contribution in [0.15, 0.2) is 40.4 Å². The Morgan fingerprint density at radius 1 is 0.680 bits per heavy atom. The number of amides is 4. The van der Waals surface area contributed by atoms with Gasteiger partial charge in [-0.15, -0.1) is 0 Å². The molecule has 0 spiro atoms. The third kappa shape index (κ3) is 16.5. The van der Waals surface area contributed by atoms with Gasteiger partial charge in [0.05, 0.1) is 0 Å². The summed E-state index contributed by atoms with van der Waals surface area (Å²) in [5.74, 6) is -2.31. The maximum atomic E-state index is 13.7. The summed E-state index contributed by atoms with van der Waals surface area (Å²) in [4.78, 5) is 63.8. The van der Waals surface area contributed by atoms with Crippen molar-refractivity contribution in [2.24, 2.45) is 38.7 Å². The van der Waals surface area contributed by atoms with Crippen LogP contribution in [0.3, 0.4) is 0 Å².